The fourth-order valence-corrected chi connectivity index (χ4v) is 5.04. The number of methoxy groups -OCH3 is 1. The molecule has 33 heavy (non-hydrogen) atoms. The van der Waals surface area contributed by atoms with Crippen LogP contribution in [0.2, 0.25) is 0 Å². The van der Waals surface area contributed by atoms with Gasteiger partial charge in [0.15, 0.2) is 6.10 Å². The molecule has 1 fully saturated rings. The number of anilines is 1. The summed E-state index contributed by atoms with van der Waals surface area (Å²) >= 11 is 0. The van der Waals surface area contributed by atoms with Crippen molar-refractivity contribution >= 4 is 27.6 Å². The number of ether oxygens (including phenoxy) is 2. The van der Waals surface area contributed by atoms with Gasteiger partial charge in [-0.3, -0.25) is 4.79 Å². The van der Waals surface area contributed by atoms with Gasteiger partial charge in [-0.15, -0.1) is 0 Å². The van der Waals surface area contributed by atoms with Crippen LogP contribution in [0.25, 0.3) is 0 Å². The SMILES string of the molecule is COc1ccc(C)cc1NC(=O)C(C)OC(=O)c1ccc(S(=O)(=O)N2CCC(C)CC2)cc1. The van der Waals surface area contributed by atoms with Crippen LogP contribution < -0.4 is 10.1 Å². The molecule has 1 amide bonds. The number of carbonyl (C=O) groups is 2. The van der Waals surface area contributed by atoms with Crippen LogP contribution in [-0.4, -0.2) is 50.9 Å². The quantitative estimate of drug-likeness (QED) is 0.615. The molecule has 0 aliphatic carbocycles. The number of piperidine rings is 1. The van der Waals surface area contributed by atoms with Crippen molar-refractivity contribution in [2.45, 2.75) is 44.6 Å². The maximum Gasteiger partial charge on any atom is 0.338 e. The van der Waals surface area contributed by atoms with Gasteiger partial charge in [-0.2, -0.15) is 4.31 Å². The molecular weight excluding hydrogens is 444 g/mol. The Kier molecular flexibility index (Phi) is 7.76. The summed E-state index contributed by atoms with van der Waals surface area (Å²) in [5.74, 6) is -0.220. The van der Waals surface area contributed by atoms with Gasteiger partial charge < -0.3 is 14.8 Å². The molecule has 9 heteroatoms. The second kappa shape index (κ2) is 10.4. The molecular formula is C24H30N2O6S. The summed E-state index contributed by atoms with van der Waals surface area (Å²) in [7, 11) is -2.10. The second-order valence-corrected chi connectivity index (χ2v) is 10.3. The molecule has 1 aliphatic rings. The van der Waals surface area contributed by atoms with Crippen LogP contribution in [0.5, 0.6) is 5.75 Å². The first-order chi connectivity index (χ1) is 15.6. The highest BCUT2D eigenvalue weighted by molar-refractivity contribution is 7.89. The first-order valence-corrected chi connectivity index (χ1v) is 12.3. The van der Waals surface area contributed by atoms with Crippen LogP contribution in [0.4, 0.5) is 5.69 Å². The molecule has 3 rings (SSSR count). The highest BCUT2D eigenvalue weighted by Crippen LogP contribution is 2.26. The fourth-order valence-electron chi connectivity index (χ4n) is 3.57. The Morgan fingerprint density at radius 2 is 1.73 bits per heavy atom. The molecule has 1 aliphatic heterocycles. The normalized spacial score (nSPS) is 16.1. The van der Waals surface area contributed by atoms with E-state index < -0.39 is 28.0 Å². The number of sulfonamides is 1. The largest absolute Gasteiger partial charge is 0.495 e. The maximum absolute atomic E-state index is 12.8. The molecule has 178 valence electrons. The third-order valence-corrected chi connectivity index (χ3v) is 7.65. The Balaban J connectivity index is 1.63. The average molecular weight is 475 g/mol. The van der Waals surface area contributed by atoms with Crippen molar-refractivity contribution in [2.75, 3.05) is 25.5 Å². The van der Waals surface area contributed by atoms with E-state index in [0.717, 1.165) is 18.4 Å². The summed E-state index contributed by atoms with van der Waals surface area (Å²) in [6, 6.07) is 10.9. The average Bonchev–Trinajstić information content (AvgIpc) is 2.79. The van der Waals surface area contributed by atoms with E-state index in [1.54, 1.807) is 12.1 Å². The predicted octanol–water partition coefficient (Wildman–Crippen LogP) is 3.61. The van der Waals surface area contributed by atoms with Gasteiger partial charge in [-0.25, -0.2) is 13.2 Å². The molecule has 8 nitrogen and oxygen atoms in total. The van der Waals surface area contributed by atoms with Gasteiger partial charge in [0.25, 0.3) is 5.91 Å². The van der Waals surface area contributed by atoms with E-state index in [1.807, 2.05) is 13.0 Å². The summed E-state index contributed by atoms with van der Waals surface area (Å²) in [6.07, 6.45) is 0.595. The number of aryl methyl sites for hydroxylation is 1. The van der Waals surface area contributed by atoms with E-state index in [4.69, 9.17) is 9.47 Å². The number of hydrogen-bond donors (Lipinski definition) is 1. The molecule has 1 N–H and O–H groups in total. The number of rotatable bonds is 7. The van der Waals surface area contributed by atoms with Gasteiger partial charge in [-0.1, -0.05) is 13.0 Å². The van der Waals surface area contributed by atoms with Crippen molar-refractivity contribution < 1.29 is 27.5 Å². The van der Waals surface area contributed by atoms with Gasteiger partial charge in [0, 0.05) is 13.1 Å². The number of carbonyl (C=O) groups excluding carboxylic acids is 2. The van der Waals surface area contributed by atoms with Crippen molar-refractivity contribution in [3.05, 3.63) is 53.6 Å². The first-order valence-electron chi connectivity index (χ1n) is 10.9. The first kappa shape index (κ1) is 24.7. The Bertz CT molecular complexity index is 1110. The lowest BCUT2D eigenvalue weighted by molar-refractivity contribution is -0.123. The Hall–Kier alpha value is -2.91. The van der Waals surface area contributed by atoms with E-state index in [0.29, 0.717) is 30.4 Å². The maximum atomic E-state index is 12.8. The predicted molar refractivity (Wildman–Crippen MR) is 125 cm³/mol. The molecule has 1 heterocycles. The van der Waals surface area contributed by atoms with E-state index in [2.05, 4.69) is 12.2 Å². The third kappa shape index (κ3) is 5.91. The number of nitrogens with one attached hydrogen (secondary N) is 1. The molecule has 2 aromatic carbocycles. The molecule has 1 atom stereocenters. The molecule has 0 spiro atoms. The van der Waals surface area contributed by atoms with E-state index in [1.165, 1.54) is 42.6 Å². The highest BCUT2D eigenvalue weighted by atomic mass is 32.2. The molecule has 0 radical (unpaired) electrons. The van der Waals surface area contributed by atoms with E-state index in [9.17, 15) is 18.0 Å². The molecule has 0 bridgehead atoms. The van der Waals surface area contributed by atoms with Crippen molar-refractivity contribution in [2.24, 2.45) is 5.92 Å². The van der Waals surface area contributed by atoms with Crippen molar-refractivity contribution in [1.82, 2.24) is 4.31 Å². The van der Waals surface area contributed by atoms with Crippen molar-refractivity contribution in [1.29, 1.82) is 0 Å². The lowest BCUT2D eigenvalue weighted by atomic mass is 10.0. The molecule has 2 aromatic rings. The fraction of sp³-hybridized carbons (Fsp3) is 0.417. The number of nitrogens with zero attached hydrogens (tertiary/aromatic N) is 1. The van der Waals surface area contributed by atoms with E-state index in [-0.39, 0.29) is 10.5 Å². The van der Waals surface area contributed by atoms with Gasteiger partial charge >= 0.3 is 5.97 Å². The van der Waals surface area contributed by atoms with Crippen LogP contribution in [0.3, 0.4) is 0 Å². The summed E-state index contributed by atoms with van der Waals surface area (Å²) in [6.45, 7) is 6.44. The molecule has 0 aromatic heterocycles. The highest BCUT2D eigenvalue weighted by Gasteiger charge is 2.28. The lowest BCUT2D eigenvalue weighted by Gasteiger charge is -2.29. The van der Waals surface area contributed by atoms with Gasteiger partial charge in [0.1, 0.15) is 5.75 Å². The molecule has 1 saturated heterocycles. The lowest BCUT2D eigenvalue weighted by Crippen LogP contribution is -2.37. The topological polar surface area (TPSA) is 102 Å². The number of hydrogen-bond acceptors (Lipinski definition) is 6. The van der Waals surface area contributed by atoms with Crippen LogP contribution in [-0.2, 0) is 19.6 Å². The van der Waals surface area contributed by atoms with Crippen LogP contribution in [0.15, 0.2) is 47.4 Å². The summed E-state index contributed by atoms with van der Waals surface area (Å²) < 4.78 is 37.7. The van der Waals surface area contributed by atoms with Crippen molar-refractivity contribution in [3.63, 3.8) is 0 Å². The minimum absolute atomic E-state index is 0.130. The van der Waals surface area contributed by atoms with Gasteiger partial charge in [0.2, 0.25) is 10.0 Å². The molecule has 1 unspecified atom stereocenters. The second-order valence-electron chi connectivity index (χ2n) is 8.35. The minimum atomic E-state index is -3.60. The smallest absolute Gasteiger partial charge is 0.338 e. The summed E-state index contributed by atoms with van der Waals surface area (Å²) in [5, 5.41) is 2.70. The Morgan fingerprint density at radius 3 is 2.33 bits per heavy atom. The zero-order valence-corrected chi connectivity index (χ0v) is 20.1. The monoisotopic (exact) mass is 474 g/mol. The van der Waals surface area contributed by atoms with Crippen molar-refractivity contribution in [3.8, 4) is 5.75 Å². The Labute approximate surface area is 194 Å². The van der Waals surface area contributed by atoms with Crippen LogP contribution in [0, 0.1) is 12.8 Å². The minimum Gasteiger partial charge on any atom is -0.495 e. The summed E-state index contributed by atoms with van der Waals surface area (Å²) in [4.78, 5) is 25.1. The number of amides is 1. The van der Waals surface area contributed by atoms with Crippen LogP contribution in [0.1, 0.15) is 42.6 Å². The number of esters is 1. The van der Waals surface area contributed by atoms with E-state index >= 15 is 0 Å². The standard InChI is InChI=1S/C24H30N2O6S/c1-16-11-13-26(14-12-16)33(29,30)20-8-6-19(7-9-20)24(28)32-18(3)23(27)25-21-15-17(2)5-10-22(21)31-4/h5-10,15-16,18H,11-14H2,1-4H3,(H,25,27). The van der Waals surface area contributed by atoms with Gasteiger partial charge in [0.05, 0.1) is 23.3 Å². The number of benzene rings is 2. The van der Waals surface area contributed by atoms with Gasteiger partial charge in [-0.05, 0) is 74.6 Å². The zero-order valence-electron chi connectivity index (χ0n) is 19.3. The summed E-state index contributed by atoms with van der Waals surface area (Å²) in [5.41, 5.74) is 1.57. The zero-order chi connectivity index (χ0) is 24.2. The third-order valence-electron chi connectivity index (χ3n) is 5.74. The van der Waals surface area contributed by atoms with Crippen LogP contribution >= 0.6 is 0 Å². The molecule has 0 saturated carbocycles. The Morgan fingerprint density at radius 1 is 1.09 bits per heavy atom.